The number of primary sulfonamides is 1. The van der Waals surface area contributed by atoms with Crippen LogP contribution in [0.3, 0.4) is 0 Å². The van der Waals surface area contributed by atoms with Crippen molar-refractivity contribution < 1.29 is 8.42 Å². The third kappa shape index (κ3) is 3.64. The van der Waals surface area contributed by atoms with E-state index >= 15 is 0 Å². The first-order chi connectivity index (χ1) is 9.38. The summed E-state index contributed by atoms with van der Waals surface area (Å²) in [5, 5.41) is 8.56. The SMILES string of the molecule is CC(Nc1ccc(N)cc1S(N)(=O)=O)C1CCCCC1. The minimum atomic E-state index is -3.77. The molecular weight excluding hydrogens is 274 g/mol. The van der Waals surface area contributed by atoms with E-state index in [9.17, 15) is 8.42 Å². The Balaban J connectivity index is 2.20. The Kier molecular flexibility index (Phi) is 4.55. The number of nitrogens with two attached hydrogens (primary N) is 2. The second-order valence-electron chi connectivity index (χ2n) is 5.63. The lowest BCUT2D eigenvalue weighted by molar-refractivity contribution is 0.328. The van der Waals surface area contributed by atoms with Gasteiger partial charge in [-0.15, -0.1) is 0 Å². The maximum absolute atomic E-state index is 11.6. The molecule has 112 valence electrons. The average Bonchev–Trinajstić information content (AvgIpc) is 2.40. The molecule has 2 rings (SSSR count). The van der Waals surface area contributed by atoms with E-state index in [-0.39, 0.29) is 10.9 Å². The van der Waals surface area contributed by atoms with E-state index in [0.29, 0.717) is 17.3 Å². The molecule has 1 aliphatic carbocycles. The van der Waals surface area contributed by atoms with Crippen molar-refractivity contribution in [1.29, 1.82) is 0 Å². The highest BCUT2D eigenvalue weighted by atomic mass is 32.2. The highest BCUT2D eigenvalue weighted by molar-refractivity contribution is 7.89. The number of nitrogens with one attached hydrogen (secondary N) is 1. The largest absolute Gasteiger partial charge is 0.399 e. The molecule has 0 saturated heterocycles. The minimum absolute atomic E-state index is 0.0696. The molecular formula is C14H23N3O2S. The predicted octanol–water partition coefficient (Wildman–Crippen LogP) is 2.30. The molecule has 1 aromatic carbocycles. The first-order valence-electron chi connectivity index (χ1n) is 7.07. The van der Waals surface area contributed by atoms with Crippen LogP contribution in [0.1, 0.15) is 39.0 Å². The Bertz CT molecular complexity index is 566. The number of hydrogen-bond donors (Lipinski definition) is 3. The Labute approximate surface area is 120 Å². The lowest BCUT2D eigenvalue weighted by Crippen LogP contribution is -2.28. The van der Waals surface area contributed by atoms with Crippen molar-refractivity contribution in [2.45, 2.75) is 50.0 Å². The van der Waals surface area contributed by atoms with Crippen LogP contribution in [-0.4, -0.2) is 14.5 Å². The fraction of sp³-hybridized carbons (Fsp3) is 0.571. The number of sulfonamides is 1. The second kappa shape index (κ2) is 6.01. The van der Waals surface area contributed by atoms with Crippen LogP contribution in [0.5, 0.6) is 0 Å². The molecule has 1 saturated carbocycles. The molecule has 1 fully saturated rings. The van der Waals surface area contributed by atoms with Crippen molar-refractivity contribution >= 4 is 21.4 Å². The van der Waals surface area contributed by atoms with Crippen LogP contribution in [0.15, 0.2) is 23.1 Å². The zero-order chi connectivity index (χ0) is 14.8. The van der Waals surface area contributed by atoms with Crippen molar-refractivity contribution in [3.05, 3.63) is 18.2 Å². The van der Waals surface area contributed by atoms with E-state index in [1.165, 1.54) is 38.2 Å². The van der Waals surface area contributed by atoms with Gasteiger partial charge >= 0.3 is 0 Å². The summed E-state index contributed by atoms with van der Waals surface area (Å²) < 4.78 is 23.3. The number of nitrogen functional groups attached to an aromatic ring is 1. The predicted molar refractivity (Wildman–Crippen MR) is 81.9 cm³/mol. The van der Waals surface area contributed by atoms with Crippen molar-refractivity contribution in [2.75, 3.05) is 11.1 Å². The fourth-order valence-electron chi connectivity index (χ4n) is 2.89. The van der Waals surface area contributed by atoms with Crippen molar-refractivity contribution in [2.24, 2.45) is 11.1 Å². The van der Waals surface area contributed by atoms with Gasteiger partial charge in [0.15, 0.2) is 0 Å². The van der Waals surface area contributed by atoms with Gasteiger partial charge in [-0.2, -0.15) is 0 Å². The van der Waals surface area contributed by atoms with Gasteiger partial charge in [0.05, 0.1) is 5.69 Å². The van der Waals surface area contributed by atoms with Crippen LogP contribution in [0, 0.1) is 5.92 Å². The van der Waals surface area contributed by atoms with Gasteiger partial charge in [-0.05, 0) is 43.9 Å². The molecule has 1 unspecified atom stereocenters. The summed E-state index contributed by atoms with van der Waals surface area (Å²) in [4.78, 5) is 0.0696. The second-order valence-corrected chi connectivity index (χ2v) is 7.16. The Morgan fingerprint density at radius 1 is 1.25 bits per heavy atom. The average molecular weight is 297 g/mol. The van der Waals surface area contributed by atoms with Gasteiger partial charge in [0.2, 0.25) is 10.0 Å². The van der Waals surface area contributed by atoms with E-state index < -0.39 is 10.0 Å². The Morgan fingerprint density at radius 3 is 2.50 bits per heavy atom. The molecule has 0 aliphatic heterocycles. The van der Waals surface area contributed by atoms with Crippen LogP contribution < -0.4 is 16.2 Å². The van der Waals surface area contributed by atoms with E-state index in [1.807, 2.05) is 0 Å². The molecule has 1 atom stereocenters. The smallest absolute Gasteiger partial charge is 0.240 e. The summed E-state index contributed by atoms with van der Waals surface area (Å²) in [5.74, 6) is 0.578. The molecule has 0 amide bonds. The lowest BCUT2D eigenvalue weighted by Gasteiger charge is -2.29. The van der Waals surface area contributed by atoms with Crippen molar-refractivity contribution in [3.63, 3.8) is 0 Å². The fourth-order valence-corrected chi connectivity index (χ4v) is 3.62. The molecule has 0 heterocycles. The third-order valence-electron chi connectivity index (χ3n) is 4.05. The molecule has 0 radical (unpaired) electrons. The van der Waals surface area contributed by atoms with E-state index in [1.54, 1.807) is 12.1 Å². The molecule has 1 aliphatic rings. The molecule has 0 spiro atoms. The topological polar surface area (TPSA) is 98.2 Å². The molecule has 20 heavy (non-hydrogen) atoms. The van der Waals surface area contributed by atoms with E-state index in [4.69, 9.17) is 10.9 Å². The maximum Gasteiger partial charge on any atom is 0.240 e. The summed E-state index contributed by atoms with van der Waals surface area (Å²) in [6.45, 7) is 2.10. The van der Waals surface area contributed by atoms with Gasteiger partial charge in [-0.1, -0.05) is 19.3 Å². The lowest BCUT2D eigenvalue weighted by atomic mass is 9.84. The normalized spacial score (nSPS) is 18.7. The molecule has 1 aromatic rings. The quantitative estimate of drug-likeness (QED) is 0.743. The van der Waals surface area contributed by atoms with Crippen molar-refractivity contribution in [1.82, 2.24) is 0 Å². The van der Waals surface area contributed by atoms with Crippen LogP contribution in [0.2, 0.25) is 0 Å². The number of hydrogen-bond acceptors (Lipinski definition) is 4. The van der Waals surface area contributed by atoms with Crippen LogP contribution in [0.4, 0.5) is 11.4 Å². The number of benzene rings is 1. The van der Waals surface area contributed by atoms with Crippen LogP contribution in [-0.2, 0) is 10.0 Å². The summed E-state index contributed by atoms with van der Waals surface area (Å²) in [7, 11) is -3.77. The zero-order valence-corrected chi connectivity index (χ0v) is 12.6. The molecule has 0 aromatic heterocycles. The molecule has 0 bridgehead atoms. The van der Waals surface area contributed by atoms with Gasteiger partial charge < -0.3 is 11.1 Å². The summed E-state index contributed by atoms with van der Waals surface area (Å²) in [6.07, 6.45) is 6.18. The first kappa shape index (κ1) is 15.1. The standard InChI is InChI=1S/C14H23N3O2S/c1-10(11-5-3-2-4-6-11)17-13-8-7-12(15)9-14(13)20(16,18)19/h7-11,17H,2-6,15H2,1H3,(H2,16,18,19). The number of anilines is 2. The molecule has 5 nitrogen and oxygen atoms in total. The van der Waals surface area contributed by atoms with Crippen molar-refractivity contribution in [3.8, 4) is 0 Å². The van der Waals surface area contributed by atoms with E-state index in [2.05, 4.69) is 12.2 Å². The van der Waals surface area contributed by atoms with Gasteiger partial charge in [0, 0.05) is 11.7 Å². The van der Waals surface area contributed by atoms with E-state index in [0.717, 1.165) is 0 Å². The van der Waals surface area contributed by atoms with Gasteiger partial charge in [0.1, 0.15) is 4.90 Å². The maximum atomic E-state index is 11.6. The Morgan fingerprint density at radius 2 is 1.90 bits per heavy atom. The summed E-state index contributed by atoms with van der Waals surface area (Å²) in [6, 6.07) is 5.00. The Hall–Kier alpha value is -1.27. The van der Waals surface area contributed by atoms with Gasteiger partial charge in [0.25, 0.3) is 0 Å². The monoisotopic (exact) mass is 297 g/mol. The summed E-state index contributed by atoms with van der Waals surface area (Å²) >= 11 is 0. The third-order valence-corrected chi connectivity index (χ3v) is 5.00. The zero-order valence-electron chi connectivity index (χ0n) is 11.8. The van der Waals surface area contributed by atoms with Gasteiger partial charge in [-0.25, -0.2) is 13.6 Å². The van der Waals surface area contributed by atoms with Crippen LogP contribution >= 0.6 is 0 Å². The first-order valence-corrected chi connectivity index (χ1v) is 8.61. The number of rotatable bonds is 4. The van der Waals surface area contributed by atoms with Crippen LogP contribution in [0.25, 0.3) is 0 Å². The molecule has 5 N–H and O–H groups in total. The highest BCUT2D eigenvalue weighted by Crippen LogP contribution is 2.30. The summed E-state index contributed by atoms with van der Waals surface area (Å²) in [5.41, 5.74) is 6.58. The van der Waals surface area contributed by atoms with Gasteiger partial charge in [-0.3, -0.25) is 0 Å². The highest BCUT2D eigenvalue weighted by Gasteiger charge is 2.22. The molecule has 6 heteroatoms. The minimum Gasteiger partial charge on any atom is -0.399 e.